The van der Waals surface area contributed by atoms with E-state index in [1.165, 1.54) is 0 Å². The van der Waals surface area contributed by atoms with Crippen LogP contribution in [0.25, 0.3) is 0 Å². The monoisotopic (exact) mass is 452 g/mol. The molecule has 4 rings (SSSR count). The zero-order valence-corrected chi connectivity index (χ0v) is 18.9. The molecule has 9 heteroatoms. The van der Waals surface area contributed by atoms with Gasteiger partial charge in [-0.3, -0.25) is 4.90 Å². The molecule has 1 aliphatic rings. The van der Waals surface area contributed by atoms with Crippen LogP contribution in [0.4, 0.5) is 27.5 Å². The molecule has 0 atom stereocenters. The number of piperazine rings is 1. The standard InChI is InChI=1S/C24H29FN6O2/c1-16-12-19(13-17(2)22(16)32)28-23-21(25)15-27-24(30-23)29-18-4-3-5-20(14-18)33-11-10-31-8-6-26-7-9-31/h3-5,12-15,26,32H,6-11H2,1-2H3,(H2,27,28,29,30). The number of aromatic hydroxyl groups is 1. The van der Waals surface area contributed by atoms with E-state index in [4.69, 9.17) is 4.74 Å². The molecule has 174 valence electrons. The van der Waals surface area contributed by atoms with E-state index < -0.39 is 5.82 Å². The summed E-state index contributed by atoms with van der Waals surface area (Å²) in [6.45, 7) is 9.16. The topological polar surface area (TPSA) is 94.6 Å². The van der Waals surface area contributed by atoms with E-state index in [1.54, 1.807) is 26.0 Å². The van der Waals surface area contributed by atoms with Gasteiger partial charge in [0, 0.05) is 50.2 Å². The Kier molecular flexibility index (Phi) is 7.21. The van der Waals surface area contributed by atoms with Crippen molar-refractivity contribution >= 4 is 23.1 Å². The van der Waals surface area contributed by atoms with Crippen LogP contribution in [-0.4, -0.2) is 59.3 Å². The largest absolute Gasteiger partial charge is 0.507 e. The molecule has 33 heavy (non-hydrogen) atoms. The quantitative estimate of drug-likeness (QED) is 0.385. The first-order valence-electron chi connectivity index (χ1n) is 11.0. The lowest BCUT2D eigenvalue weighted by atomic mass is 10.1. The van der Waals surface area contributed by atoms with Gasteiger partial charge in [0.15, 0.2) is 11.6 Å². The molecule has 0 bridgehead atoms. The first-order chi connectivity index (χ1) is 16.0. The van der Waals surface area contributed by atoms with E-state index >= 15 is 0 Å². The highest BCUT2D eigenvalue weighted by Gasteiger charge is 2.11. The van der Waals surface area contributed by atoms with Crippen molar-refractivity contribution in [2.24, 2.45) is 0 Å². The summed E-state index contributed by atoms with van der Waals surface area (Å²) in [5.74, 6) is 0.685. The third kappa shape index (κ3) is 6.09. The molecular weight excluding hydrogens is 423 g/mol. The van der Waals surface area contributed by atoms with Gasteiger partial charge in [-0.15, -0.1) is 0 Å². The molecule has 3 aromatic rings. The Hall–Kier alpha value is -3.43. The van der Waals surface area contributed by atoms with Crippen molar-refractivity contribution in [3.8, 4) is 11.5 Å². The SMILES string of the molecule is Cc1cc(Nc2nc(Nc3cccc(OCCN4CCNCC4)c3)ncc2F)cc(C)c1O. The fourth-order valence-electron chi connectivity index (χ4n) is 3.70. The molecule has 2 heterocycles. The highest BCUT2D eigenvalue weighted by molar-refractivity contribution is 5.63. The predicted octanol–water partition coefficient (Wildman–Crippen LogP) is 3.71. The van der Waals surface area contributed by atoms with E-state index in [1.807, 2.05) is 24.3 Å². The minimum Gasteiger partial charge on any atom is -0.507 e. The summed E-state index contributed by atoms with van der Waals surface area (Å²) in [5, 5.41) is 19.4. The number of phenols is 1. The Labute approximate surface area is 192 Å². The van der Waals surface area contributed by atoms with Crippen LogP contribution in [0.2, 0.25) is 0 Å². The van der Waals surface area contributed by atoms with Crippen LogP contribution >= 0.6 is 0 Å². The third-order valence-electron chi connectivity index (χ3n) is 5.47. The lowest BCUT2D eigenvalue weighted by Crippen LogP contribution is -2.44. The number of benzene rings is 2. The average Bonchev–Trinajstić information content (AvgIpc) is 2.81. The molecule has 0 spiro atoms. The van der Waals surface area contributed by atoms with Gasteiger partial charge in [0.1, 0.15) is 18.1 Å². The number of ether oxygens (including phenoxy) is 1. The summed E-state index contributed by atoms with van der Waals surface area (Å²) < 4.78 is 20.2. The molecule has 2 aromatic carbocycles. The van der Waals surface area contributed by atoms with Gasteiger partial charge in [0.25, 0.3) is 0 Å². The van der Waals surface area contributed by atoms with Crippen molar-refractivity contribution in [3.63, 3.8) is 0 Å². The maximum atomic E-state index is 14.3. The van der Waals surface area contributed by atoms with E-state index in [2.05, 4.69) is 30.8 Å². The zero-order chi connectivity index (χ0) is 23.2. The molecular formula is C24H29FN6O2. The fraction of sp³-hybridized carbons (Fsp3) is 0.333. The lowest BCUT2D eigenvalue weighted by molar-refractivity contribution is 0.191. The van der Waals surface area contributed by atoms with E-state index in [0.717, 1.165) is 50.4 Å². The molecule has 0 radical (unpaired) electrons. The van der Waals surface area contributed by atoms with Gasteiger partial charge in [-0.2, -0.15) is 4.98 Å². The van der Waals surface area contributed by atoms with E-state index in [0.29, 0.717) is 23.4 Å². The van der Waals surface area contributed by atoms with Crippen LogP contribution in [0.15, 0.2) is 42.6 Å². The van der Waals surface area contributed by atoms with Crippen LogP contribution < -0.4 is 20.7 Å². The van der Waals surface area contributed by atoms with Crippen molar-refractivity contribution in [1.29, 1.82) is 0 Å². The van der Waals surface area contributed by atoms with Gasteiger partial charge in [0.2, 0.25) is 5.95 Å². The van der Waals surface area contributed by atoms with E-state index in [-0.39, 0.29) is 17.5 Å². The van der Waals surface area contributed by atoms with Crippen molar-refractivity contribution in [1.82, 2.24) is 20.2 Å². The van der Waals surface area contributed by atoms with Gasteiger partial charge in [-0.1, -0.05) is 6.07 Å². The third-order valence-corrected chi connectivity index (χ3v) is 5.47. The summed E-state index contributed by atoms with van der Waals surface area (Å²) in [4.78, 5) is 10.7. The number of aromatic nitrogens is 2. The van der Waals surface area contributed by atoms with Crippen LogP contribution in [0.5, 0.6) is 11.5 Å². The maximum Gasteiger partial charge on any atom is 0.229 e. The average molecular weight is 453 g/mol. The first kappa shape index (κ1) is 22.8. The van der Waals surface area contributed by atoms with Crippen molar-refractivity contribution < 1.29 is 14.2 Å². The molecule has 4 N–H and O–H groups in total. The van der Waals surface area contributed by atoms with Crippen molar-refractivity contribution in [3.05, 3.63) is 59.5 Å². The highest BCUT2D eigenvalue weighted by Crippen LogP contribution is 2.28. The number of hydrogen-bond donors (Lipinski definition) is 4. The van der Waals surface area contributed by atoms with Crippen molar-refractivity contribution in [2.75, 3.05) is 50.0 Å². The molecule has 0 amide bonds. The molecule has 0 saturated carbocycles. The second-order valence-corrected chi connectivity index (χ2v) is 8.07. The molecule has 1 aliphatic heterocycles. The predicted molar refractivity (Wildman–Crippen MR) is 127 cm³/mol. The van der Waals surface area contributed by atoms with Crippen LogP contribution in [0.1, 0.15) is 11.1 Å². The summed E-state index contributed by atoms with van der Waals surface area (Å²) in [5.41, 5.74) is 2.76. The number of rotatable bonds is 8. The second kappa shape index (κ2) is 10.5. The number of hydrogen-bond acceptors (Lipinski definition) is 8. The number of anilines is 4. The Morgan fingerprint density at radius 2 is 1.85 bits per heavy atom. The molecule has 0 unspecified atom stereocenters. The van der Waals surface area contributed by atoms with Crippen LogP contribution in [-0.2, 0) is 0 Å². The molecule has 0 aliphatic carbocycles. The van der Waals surface area contributed by atoms with Crippen LogP contribution in [0.3, 0.4) is 0 Å². The lowest BCUT2D eigenvalue weighted by Gasteiger charge is -2.26. The van der Waals surface area contributed by atoms with Gasteiger partial charge in [-0.05, 0) is 49.2 Å². The Bertz CT molecular complexity index is 1080. The summed E-state index contributed by atoms with van der Waals surface area (Å²) >= 11 is 0. The minimum absolute atomic E-state index is 0.0421. The Balaban J connectivity index is 1.40. The smallest absolute Gasteiger partial charge is 0.229 e. The number of phenolic OH excluding ortho intramolecular Hbond substituents is 1. The molecule has 1 saturated heterocycles. The maximum absolute atomic E-state index is 14.3. The molecule has 8 nitrogen and oxygen atoms in total. The summed E-state index contributed by atoms with van der Waals surface area (Å²) in [7, 11) is 0. The summed E-state index contributed by atoms with van der Waals surface area (Å²) in [6, 6.07) is 11.0. The fourth-order valence-corrected chi connectivity index (χ4v) is 3.70. The first-order valence-corrected chi connectivity index (χ1v) is 11.0. The minimum atomic E-state index is -0.575. The second-order valence-electron chi connectivity index (χ2n) is 8.07. The van der Waals surface area contributed by atoms with Gasteiger partial charge in [-0.25, -0.2) is 9.37 Å². The van der Waals surface area contributed by atoms with Gasteiger partial charge in [0.05, 0.1) is 6.20 Å². The van der Waals surface area contributed by atoms with Crippen molar-refractivity contribution in [2.45, 2.75) is 13.8 Å². The number of halogens is 1. The Morgan fingerprint density at radius 3 is 2.61 bits per heavy atom. The molecule has 1 fully saturated rings. The normalized spacial score (nSPS) is 14.2. The molecule has 1 aromatic heterocycles. The van der Waals surface area contributed by atoms with E-state index in [9.17, 15) is 9.50 Å². The summed E-state index contributed by atoms with van der Waals surface area (Å²) in [6.07, 6.45) is 1.12. The Morgan fingerprint density at radius 1 is 1.09 bits per heavy atom. The number of aryl methyl sites for hydroxylation is 2. The number of nitrogens with one attached hydrogen (secondary N) is 3. The highest BCUT2D eigenvalue weighted by atomic mass is 19.1. The van der Waals surface area contributed by atoms with Gasteiger partial charge < -0.3 is 25.8 Å². The van der Waals surface area contributed by atoms with Gasteiger partial charge >= 0.3 is 0 Å². The van der Waals surface area contributed by atoms with Crippen LogP contribution in [0, 0.1) is 19.7 Å². The number of nitrogens with zero attached hydrogens (tertiary/aromatic N) is 3. The zero-order valence-electron chi connectivity index (χ0n) is 18.9.